The number of anilines is 3. The van der Waals surface area contributed by atoms with E-state index in [9.17, 15) is 0 Å². The molecule has 0 saturated carbocycles. The van der Waals surface area contributed by atoms with Crippen LogP contribution in [0, 0.1) is 0 Å². The summed E-state index contributed by atoms with van der Waals surface area (Å²) in [5.41, 5.74) is 16.6. The summed E-state index contributed by atoms with van der Waals surface area (Å²) in [6, 6.07) is 85.0. The van der Waals surface area contributed by atoms with E-state index in [4.69, 9.17) is 4.42 Å². The summed E-state index contributed by atoms with van der Waals surface area (Å²) in [6.45, 7) is 0. The van der Waals surface area contributed by atoms with Crippen molar-refractivity contribution in [3.63, 3.8) is 0 Å². The normalized spacial score (nSPS) is 11.3. The molecule has 11 rings (SSSR count). The second-order valence-corrected chi connectivity index (χ2v) is 15.3. The topological polar surface area (TPSA) is 16.4 Å². The number of hydrogen-bond acceptors (Lipinski definition) is 2. The lowest BCUT2D eigenvalue weighted by Gasteiger charge is -2.27. The van der Waals surface area contributed by atoms with Gasteiger partial charge in [-0.3, -0.25) is 0 Å². The Kier molecular flexibility index (Phi) is 8.87. The molecule has 10 aromatic carbocycles. The molecule has 0 bridgehead atoms. The van der Waals surface area contributed by atoms with Crippen LogP contribution in [0.15, 0.2) is 241 Å². The van der Waals surface area contributed by atoms with Crippen LogP contribution in [0.25, 0.3) is 88.3 Å². The Balaban J connectivity index is 1.11. The van der Waals surface area contributed by atoms with Crippen LogP contribution < -0.4 is 4.90 Å². The van der Waals surface area contributed by atoms with Crippen molar-refractivity contribution >= 4 is 49.8 Å². The molecular formula is C58H39NO. The minimum atomic E-state index is 0.857. The maximum absolute atomic E-state index is 6.48. The van der Waals surface area contributed by atoms with Gasteiger partial charge >= 0.3 is 0 Å². The molecular weight excluding hydrogens is 727 g/mol. The maximum atomic E-state index is 6.48. The quantitative estimate of drug-likeness (QED) is 0.153. The summed E-state index contributed by atoms with van der Waals surface area (Å²) in [6.07, 6.45) is 0. The third-order valence-electron chi connectivity index (χ3n) is 11.7. The molecule has 0 unspecified atom stereocenters. The molecule has 282 valence electrons. The Bertz CT molecular complexity index is 3330. The second-order valence-electron chi connectivity index (χ2n) is 15.3. The van der Waals surface area contributed by atoms with Crippen LogP contribution in [0.4, 0.5) is 17.1 Å². The van der Waals surface area contributed by atoms with Crippen molar-refractivity contribution in [2.24, 2.45) is 0 Å². The Hall–Kier alpha value is -7.94. The van der Waals surface area contributed by atoms with Crippen LogP contribution in [0.1, 0.15) is 0 Å². The Morgan fingerprint density at radius 1 is 0.267 bits per heavy atom. The van der Waals surface area contributed by atoms with Crippen LogP contribution in [0.5, 0.6) is 0 Å². The molecule has 1 heterocycles. The standard InChI is InChI=1S/C58H39NO/c1-3-17-41(18-4-1)50-26-9-10-28-55(50)58-51(42-19-5-2-6-20-42)29-15-30-52(58)46-23-14-25-48(38-46)59(49-34-35-54-53-27-11-12-31-56(53)60-57(54)39-49)47-24-13-22-44(37-47)45-33-32-40-16-7-8-21-43(40)36-45/h1-39H. The van der Waals surface area contributed by atoms with Crippen molar-refractivity contribution in [1.82, 2.24) is 0 Å². The number of rotatable bonds is 8. The molecule has 2 heteroatoms. The van der Waals surface area contributed by atoms with Crippen molar-refractivity contribution in [2.75, 3.05) is 4.90 Å². The number of nitrogens with zero attached hydrogens (tertiary/aromatic N) is 1. The molecule has 0 radical (unpaired) electrons. The van der Waals surface area contributed by atoms with Crippen LogP contribution in [-0.2, 0) is 0 Å². The molecule has 0 aliphatic rings. The Morgan fingerprint density at radius 2 is 0.783 bits per heavy atom. The minimum absolute atomic E-state index is 0.857. The Morgan fingerprint density at radius 3 is 1.57 bits per heavy atom. The zero-order chi connectivity index (χ0) is 39.8. The lowest BCUT2D eigenvalue weighted by molar-refractivity contribution is 0.669. The van der Waals surface area contributed by atoms with Crippen molar-refractivity contribution in [3.8, 4) is 55.6 Å². The SMILES string of the molecule is c1ccc(-c2ccccc2-c2c(-c3ccccc3)cccc2-c2cccc(N(c3cccc(-c4ccc5ccccc5c4)c3)c3ccc4c(c3)oc3ccccc34)c2)cc1. The van der Waals surface area contributed by atoms with Gasteiger partial charge < -0.3 is 9.32 Å². The third kappa shape index (κ3) is 6.41. The summed E-state index contributed by atoms with van der Waals surface area (Å²) in [7, 11) is 0. The van der Waals surface area contributed by atoms with Gasteiger partial charge in [-0.1, -0.05) is 182 Å². The third-order valence-corrected chi connectivity index (χ3v) is 11.7. The van der Waals surface area contributed by atoms with E-state index in [1.165, 1.54) is 55.3 Å². The molecule has 0 spiro atoms. The fourth-order valence-corrected chi connectivity index (χ4v) is 8.82. The van der Waals surface area contributed by atoms with Gasteiger partial charge in [-0.15, -0.1) is 0 Å². The van der Waals surface area contributed by atoms with Crippen molar-refractivity contribution in [2.45, 2.75) is 0 Å². The fraction of sp³-hybridized carbons (Fsp3) is 0. The highest BCUT2D eigenvalue weighted by Crippen LogP contribution is 2.46. The lowest BCUT2D eigenvalue weighted by atomic mass is 9.84. The zero-order valence-electron chi connectivity index (χ0n) is 32.9. The van der Waals surface area contributed by atoms with Gasteiger partial charge in [0.2, 0.25) is 0 Å². The number of benzene rings is 10. The molecule has 0 amide bonds. The van der Waals surface area contributed by atoms with E-state index < -0.39 is 0 Å². The van der Waals surface area contributed by atoms with Gasteiger partial charge in [-0.05, 0) is 115 Å². The van der Waals surface area contributed by atoms with Crippen molar-refractivity contribution < 1.29 is 4.42 Å². The molecule has 1 aromatic heterocycles. The molecule has 0 fully saturated rings. The van der Waals surface area contributed by atoms with Gasteiger partial charge in [0.15, 0.2) is 0 Å². The summed E-state index contributed by atoms with van der Waals surface area (Å²) in [5.74, 6) is 0. The van der Waals surface area contributed by atoms with Gasteiger partial charge in [-0.2, -0.15) is 0 Å². The summed E-state index contributed by atoms with van der Waals surface area (Å²) in [4.78, 5) is 2.36. The number of fused-ring (bicyclic) bond motifs is 4. The Labute approximate surface area is 349 Å². The molecule has 60 heavy (non-hydrogen) atoms. The largest absolute Gasteiger partial charge is 0.456 e. The average molecular weight is 766 g/mol. The number of para-hydroxylation sites is 1. The van der Waals surface area contributed by atoms with Crippen LogP contribution in [-0.4, -0.2) is 0 Å². The highest BCUT2D eigenvalue weighted by molar-refractivity contribution is 6.06. The molecule has 0 atom stereocenters. The summed E-state index contributed by atoms with van der Waals surface area (Å²) in [5, 5.41) is 4.68. The molecule has 2 nitrogen and oxygen atoms in total. The van der Waals surface area contributed by atoms with E-state index >= 15 is 0 Å². The molecule has 0 aliphatic carbocycles. The first kappa shape index (κ1) is 35.2. The van der Waals surface area contributed by atoms with Crippen molar-refractivity contribution in [3.05, 3.63) is 237 Å². The van der Waals surface area contributed by atoms with Gasteiger partial charge in [-0.25, -0.2) is 0 Å². The number of hydrogen-bond donors (Lipinski definition) is 0. The van der Waals surface area contributed by atoms with E-state index in [1.54, 1.807) is 0 Å². The van der Waals surface area contributed by atoms with E-state index in [0.717, 1.165) is 50.1 Å². The summed E-state index contributed by atoms with van der Waals surface area (Å²) < 4.78 is 6.48. The number of furan rings is 1. The van der Waals surface area contributed by atoms with Gasteiger partial charge in [0.25, 0.3) is 0 Å². The predicted molar refractivity (Wildman–Crippen MR) is 253 cm³/mol. The first-order valence-electron chi connectivity index (χ1n) is 20.5. The highest BCUT2D eigenvalue weighted by atomic mass is 16.3. The minimum Gasteiger partial charge on any atom is -0.456 e. The van der Waals surface area contributed by atoms with Crippen LogP contribution >= 0.6 is 0 Å². The molecule has 0 saturated heterocycles. The smallest absolute Gasteiger partial charge is 0.137 e. The molecule has 0 N–H and O–H groups in total. The molecule has 11 aromatic rings. The van der Waals surface area contributed by atoms with E-state index in [2.05, 4.69) is 229 Å². The first-order chi connectivity index (χ1) is 29.7. The first-order valence-corrected chi connectivity index (χ1v) is 20.5. The predicted octanol–water partition coefficient (Wildman–Crippen LogP) is 16.5. The van der Waals surface area contributed by atoms with E-state index in [0.29, 0.717) is 0 Å². The molecule has 0 aliphatic heterocycles. The van der Waals surface area contributed by atoms with Gasteiger partial charge in [0.05, 0.1) is 0 Å². The van der Waals surface area contributed by atoms with Gasteiger partial charge in [0.1, 0.15) is 11.2 Å². The zero-order valence-corrected chi connectivity index (χ0v) is 32.9. The summed E-state index contributed by atoms with van der Waals surface area (Å²) >= 11 is 0. The van der Waals surface area contributed by atoms with Crippen LogP contribution in [0.3, 0.4) is 0 Å². The fourth-order valence-electron chi connectivity index (χ4n) is 8.82. The van der Waals surface area contributed by atoms with E-state index in [-0.39, 0.29) is 0 Å². The monoisotopic (exact) mass is 765 g/mol. The van der Waals surface area contributed by atoms with Crippen molar-refractivity contribution in [1.29, 1.82) is 0 Å². The van der Waals surface area contributed by atoms with E-state index in [1.807, 2.05) is 12.1 Å². The van der Waals surface area contributed by atoms with Gasteiger partial charge in [0, 0.05) is 33.9 Å². The average Bonchev–Trinajstić information content (AvgIpc) is 3.70. The second kappa shape index (κ2) is 15.1. The maximum Gasteiger partial charge on any atom is 0.137 e. The van der Waals surface area contributed by atoms with Crippen LogP contribution in [0.2, 0.25) is 0 Å². The highest BCUT2D eigenvalue weighted by Gasteiger charge is 2.21. The lowest BCUT2D eigenvalue weighted by Crippen LogP contribution is -2.10.